The van der Waals surface area contributed by atoms with Gasteiger partial charge in [-0.25, -0.2) is 0 Å². The molecule has 0 amide bonds. The normalized spacial score (nSPS) is 21.5. The molecule has 1 saturated heterocycles. The summed E-state index contributed by atoms with van der Waals surface area (Å²) in [5.41, 5.74) is -0.129. The van der Waals surface area contributed by atoms with Crippen molar-refractivity contribution < 1.29 is 9.66 Å². The van der Waals surface area contributed by atoms with Gasteiger partial charge in [-0.3, -0.25) is 15.0 Å². The number of nitriles is 3. The lowest BCUT2D eigenvalue weighted by Crippen LogP contribution is -2.40. The number of rotatable bonds is 7. The largest absolute Gasteiger partial charge is 0.381 e. The molecule has 2 atom stereocenters. The zero-order valence-corrected chi connectivity index (χ0v) is 19.1. The molecule has 1 fully saturated rings. The smallest absolute Gasteiger partial charge is 0.275 e. The summed E-state index contributed by atoms with van der Waals surface area (Å²) in [7, 11) is 0. The molecule has 1 N–H and O–H groups in total. The Kier molecular flexibility index (Phi) is 7.08. The maximum atomic E-state index is 12.5. The van der Waals surface area contributed by atoms with Gasteiger partial charge >= 0.3 is 0 Å². The number of ether oxygens (including phenoxy) is 1. The second-order valence-electron chi connectivity index (χ2n) is 8.54. The molecule has 2 aromatic rings. The van der Waals surface area contributed by atoms with Gasteiger partial charge in [-0.1, -0.05) is 42.5 Å². The summed E-state index contributed by atoms with van der Waals surface area (Å²) < 4.78 is 5.39. The van der Waals surface area contributed by atoms with Crippen LogP contribution in [0.1, 0.15) is 28.5 Å². The maximum Gasteiger partial charge on any atom is 0.275 e. The molecule has 0 aromatic heterocycles. The van der Waals surface area contributed by atoms with Crippen molar-refractivity contribution in [3.05, 3.63) is 92.8 Å². The molecule has 35 heavy (non-hydrogen) atoms. The van der Waals surface area contributed by atoms with E-state index in [0.717, 1.165) is 13.1 Å². The van der Waals surface area contributed by atoms with Gasteiger partial charge in [0.2, 0.25) is 0 Å². The van der Waals surface area contributed by atoms with Crippen LogP contribution in [0, 0.1) is 49.5 Å². The second-order valence-corrected chi connectivity index (χ2v) is 8.54. The van der Waals surface area contributed by atoms with Crippen LogP contribution in [-0.4, -0.2) is 49.2 Å². The first-order valence-corrected chi connectivity index (χ1v) is 11.4. The van der Waals surface area contributed by atoms with Crippen LogP contribution in [0.4, 0.5) is 0 Å². The highest BCUT2D eigenvalue weighted by atomic mass is 16.6. The molecule has 2 aliphatic rings. The lowest BCUT2D eigenvalue weighted by atomic mass is 9.67. The average molecular weight is 469 g/mol. The van der Waals surface area contributed by atoms with E-state index in [2.05, 4.69) is 28.4 Å². The van der Waals surface area contributed by atoms with Crippen molar-refractivity contribution in [3.8, 4) is 18.2 Å². The van der Waals surface area contributed by atoms with Crippen LogP contribution in [0.15, 0.2) is 66.0 Å². The molecule has 0 spiro atoms. The van der Waals surface area contributed by atoms with E-state index < -0.39 is 22.2 Å². The average Bonchev–Trinajstić information content (AvgIpc) is 3.20. The van der Waals surface area contributed by atoms with Crippen LogP contribution in [0.25, 0.3) is 0 Å². The number of nitrogens with zero attached hydrogens (tertiary/aromatic N) is 5. The number of morpholine rings is 1. The third-order valence-electron chi connectivity index (χ3n) is 6.67. The molecule has 0 unspecified atom stereocenters. The molecule has 2 aromatic carbocycles. The fourth-order valence-corrected chi connectivity index (χ4v) is 5.01. The highest BCUT2D eigenvalue weighted by molar-refractivity contribution is 5.53. The Morgan fingerprint density at radius 1 is 1.00 bits per heavy atom. The lowest BCUT2D eigenvalue weighted by Gasteiger charge is -2.29. The third kappa shape index (κ3) is 4.46. The van der Waals surface area contributed by atoms with Crippen molar-refractivity contribution in [2.45, 2.75) is 11.8 Å². The monoisotopic (exact) mass is 468 g/mol. The first-order valence-electron chi connectivity index (χ1n) is 11.4. The Hall–Kier alpha value is -4.23. The topological polar surface area (TPSA) is 139 Å². The Labute approximate surface area is 203 Å². The van der Waals surface area contributed by atoms with E-state index in [0.29, 0.717) is 43.0 Å². The summed E-state index contributed by atoms with van der Waals surface area (Å²) in [6.45, 7) is 3.87. The molecule has 9 heteroatoms. The number of hydrogen-bond donors (Lipinski definition) is 1. The predicted molar refractivity (Wildman–Crippen MR) is 126 cm³/mol. The highest BCUT2D eigenvalue weighted by Gasteiger charge is 2.62. The molecule has 176 valence electrons. The molecule has 1 aliphatic carbocycles. The number of hydrogen-bond acceptors (Lipinski definition) is 8. The summed E-state index contributed by atoms with van der Waals surface area (Å²) in [5, 5.41) is 45.7. The van der Waals surface area contributed by atoms with E-state index in [1.54, 1.807) is 54.6 Å². The van der Waals surface area contributed by atoms with Crippen LogP contribution < -0.4 is 5.32 Å². The molecule has 4 rings (SSSR count). The molecular weight excluding hydrogens is 444 g/mol. The molecule has 1 heterocycles. The molecular formula is C26H24N6O3. The summed E-state index contributed by atoms with van der Waals surface area (Å²) in [6, 6.07) is 21.6. The van der Waals surface area contributed by atoms with E-state index in [1.165, 1.54) is 0 Å². The van der Waals surface area contributed by atoms with Gasteiger partial charge < -0.3 is 10.1 Å². The minimum atomic E-state index is -1.75. The first-order chi connectivity index (χ1) is 17.1. The number of nitro groups is 1. The minimum absolute atomic E-state index is 0.171. The Bertz CT molecular complexity index is 1220. The van der Waals surface area contributed by atoms with Gasteiger partial charge in [0.05, 0.1) is 53.5 Å². The van der Waals surface area contributed by atoms with Crippen LogP contribution in [0.5, 0.6) is 0 Å². The second kappa shape index (κ2) is 10.4. The van der Waals surface area contributed by atoms with Crippen molar-refractivity contribution in [2.75, 3.05) is 39.4 Å². The van der Waals surface area contributed by atoms with E-state index in [1.807, 2.05) is 0 Å². The Morgan fingerprint density at radius 2 is 1.63 bits per heavy atom. The van der Waals surface area contributed by atoms with Gasteiger partial charge in [-0.05, 0) is 23.3 Å². The predicted octanol–water partition coefficient (Wildman–Crippen LogP) is 2.88. The quantitative estimate of drug-likeness (QED) is 0.483. The molecule has 9 nitrogen and oxygen atoms in total. The number of benzene rings is 2. The fraction of sp³-hybridized carbons (Fsp3) is 0.346. The molecule has 0 saturated carbocycles. The Balaban J connectivity index is 1.83. The highest BCUT2D eigenvalue weighted by Crippen LogP contribution is 2.59. The minimum Gasteiger partial charge on any atom is -0.381 e. The van der Waals surface area contributed by atoms with Crippen molar-refractivity contribution in [1.29, 1.82) is 15.8 Å². The fourth-order valence-electron chi connectivity index (χ4n) is 5.01. The van der Waals surface area contributed by atoms with E-state index in [-0.39, 0.29) is 11.4 Å². The standard InChI is InChI=1S/C26H24N6O3/c27-16-19-6-8-21(9-7-19)22-24(30-10-11-31-12-14-35-15-13-31)25(32(33)34)23(26(22,17-28)18-29)20-4-2-1-3-5-20/h1-9,22-23,30H,10-15H2/t22-,23-/m0/s1. The van der Waals surface area contributed by atoms with Gasteiger partial charge in [-0.15, -0.1) is 0 Å². The summed E-state index contributed by atoms with van der Waals surface area (Å²) in [5.74, 6) is -1.94. The van der Waals surface area contributed by atoms with Crippen molar-refractivity contribution in [3.63, 3.8) is 0 Å². The lowest BCUT2D eigenvalue weighted by molar-refractivity contribution is -0.431. The number of allylic oxidation sites excluding steroid dienone is 2. The number of nitrogens with one attached hydrogen (secondary N) is 1. The molecule has 0 bridgehead atoms. The molecule has 1 aliphatic heterocycles. The van der Waals surface area contributed by atoms with E-state index in [4.69, 9.17) is 4.74 Å². The van der Waals surface area contributed by atoms with Gasteiger partial charge in [0.15, 0.2) is 5.41 Å². The maximum absolute atomic E-state index is 12.5. The zero-order valence-electron chi connectivity index (χ0n) is 19.1. The summed E-state index contributed by atoms with van der Waals surface area (Å²) >= 11 is 0. The van der Waals surface area contributed by atoms with Crippen molar-refractivity contribution in [1.82, 2.24) is 10.2 Å². The van der Waals surface area contributed by atoms with Crippen LogP contribution >= 0.6 is 0 Å². The van der Waals surface area contributed by atoms with E-state index in [9.17, 15) is 25.9 Å². The van der Waals surface area contributed by atoms with Crippen LogP contribution in [0.3, 0.4) is 0 Å². The summed E-state index contributed by atoms with van der Waals surface area (Å²) in [4.78, 5) is 14.2. The van der Waals surface area contributed by atoms with Gasteiger partial charge in [0.25, 0.3) is 5.70 Å². The SMILES string of the molecule is N#Cc1ccc([C@H]2C(NCCN3CCOCC3)=C([N+](=O)[O-])[C@H](c3ccccc3)C2(C#N)C#N)cc1. The van der Waals surface area contributed by atoms with Crippen LogP contribution in [0.2, 0.25) is 0 Å². The third-order valence-corrected chi connectivity index (χ3v) is 6.67. The van der Waals surface area contributed by atoms with Crippen molar-refractivity contribution in [2.24, 2.45) is 5.41 Å². The summed E-state index contributed by atoms with van der Waals surface area (Å²) in [6.07, 6.45) is 0. The van der Waals surface area contributed by atoms with Crippen molar-refractivity contribution >= 4 is 0 Å². The Morgan fingerprint density at radius 3 is 2.20 bits per heavy atom. The first kappa shape index (κ1) is 23.9. The zero-order chi connectivity index (χ0) is 24.8. The molecule has 0 radical (unpaired) electrons. The van der Waals surface area contributed by atoms with E-state index >= 15 is 0 Å². The van der Waals surface area contributed by atoms with Gasteiger partial charge in [0, 0.05) is 26.2 Å². The van der Waals surface area contributed by atoms with Gasteiger partial charge in [0.1, 0.15) is 5.92 Å². The van der Waals surface area contributed by atoms with Crippen LogP contribution in [-0.2, 0) is 4.74 Å². The van der Waals surface area contributed by atoms with Gasteiger partial charge in [-0.2, -0.15) is 15.8 Å².